The van der Waals surface area contributed by atoms with E-state index >= 15 is 0 Å². The van der Waals surface area contributed by atoms with Gasteiger partial charge in [0, 0.05) is 19.2 Å². The van der Waals surface area contributed by atoms with E-state index < -0.39 is 9.84 Å². The third-order valence-electron chi connectivity index (χ3n) is 3.07. The van der Waals surface area contributed by atoms with Gasteiger partial charge in [-0.25, -0.2) is 18.4 Å². The molecule has 0 aromatic carbocycles. The molecular weight excluding hydrogens is 318 g/mol. The maximum absolute atomic E-state index is 12.5. The number of nitrogens with one attached hydrogen (secondary N) is 1. The minimum absolute atomic E-state index is 0.00838. The summed E-state index contributed by atoms with van der Waals surface area (Å²) in [6.45, 7) is 4.20. The first-order valence-electron chi connectivity index (χ1n) is 7.31. The molecule has 2 aromatic rings. The van der Waals surface area contributed by atoms with Gasteiger partial charge >= 0.3 is 0 Å². The summed E-state index contributed by atoms with van der Waals surface area (Å²) in [5.41, 5.74) is 0.186. The molecule has 2 rings (SSSR count). The van der Waals surface area contributed by atoms with Crippen LogP contribution in [0.2, 0.25) is 0 Å². The Morgan fingerprint density at radius 2 is 2.04 bits per heavy atom. The van der Waals surface area contributed by atoms with Crippen LogP contribution in [0.3, 0.4) is 0 Å². The number of rotatable bonds is 7. The molecule has 0 spiro atoms. The summed E-state index contributed by atoms with van der Waals surface area (Å²) in [6, 6.07) is 3.28. The third-order valence-corrected chi connectivity index (χ3v) is 4.07. The highest BCUT2D eigenvalue weighted by Crippen LogP contribution is 2.29. The average molecular weight is 337 g/mol. The number of carbonyl (C=O) groups is 1. The van der Waals surface area contributed by atoms with Crippen LogP contribution in [0.4, 0.5) is 5.95 Å². The number of ketones is 1. The van der Waals surface area contributed by atoms with Crippen molar-refractivity contribution >= 4 is 21.6 Å². The van der Waals surface area contributed by atoms with E-state index in [0.29, 0.717) is 18.7 Å². The number of anilines is 1. The quantitative estimate of drug-likeness (QED) is 0.612. The molecule has 1 N–H and O–H groups in total. The highest BCUT2D eigenvalue weighted by molar-refractivity contribution is 7.90. The SMILES string of the molecule is CCCC(=O)c1c(-c2ccco2)nc(NCC)nc1S(C)(=O)=O. The predicted molar refractivity (Wildman–Crippen MR) is 86.2 cm³/mol. The van der Waals surface area contributed by atoms with E-state index in [2.05, 4.69) is 15.3 Å². The van der Waals surface area contributed by atoms with Crippen molar-refractivity contribution in [2.24, 2.45) is 0 Å². The summed E-state index contributed by atoms with van der Waals surface area (Å²) in [7, 11) is -3.70. The van der Waals surface area contributed by atoms with Crippen molar-refractivity contribution in [2.75, 3.05) is 18.1 Å². The molecule has 0 atom stereocenters. The Balaban J connectivity index is 2.80. The molecule has 0 fully saturated rings. The normalized spacial score (nSPS) is 11.4. The fourth-order valence-electron chi connectivity index (χ4n) is 2.14. The van der Waals surface area contributed by atoms with E-state index in [1.807, 2.05) is 13.8 Å². The number of sulfone groups is 1. The van der Waals surface area contributed by atoms with Crippen LogP contribution < -0.4 is 5.32 Å². The van der Waals surface area contributed by atoms with Gasteiger partial charge < -0.3 is 9.73 Å². The Bertz CT molecular complexity index is 798. The topological polar surface area (TPSA) is 102 Å². The van der Waals surface area contributed by atoms with Crippen LogP contribution >= 0.6 is 0 Å². The van der Waals surface area contributed by atoms with Crippen LogP contribution in [0.1, 0.15) is 37.0 Å². The number of carbonyl (C=O) groups excluding carboxylic acids is 1. The molecule has 0 saturated carbocycles. The molecule has 0 unspecified atom stereocenters. The zero-order valence-electron chi connectivity index (χ0n) is 13.3. The summed E-state index contributed by atoms with van der Waals surface area (Å²) < 4.78 is 29.6. The number of aromatic nitrogens is 2. The number of nitrogens with zero attached hydrogens (tertiary/aromatic N) is 2. The second kappa shape index (κ2) is 6.91. The minimum atomic E-state index is -3.70. The smallest absolute Gasteiger partial charge is 0.224 e. The van der Waals surface area contributed by atoms with Crippen molar-refractivity contribution in [1.29, 1.82) is 0 Å². The van der Waals surface area contributed by atoms with Gasteiger partial charge in [-0.15, -0.1) is 0 Å². The van der Waals surface area contributed by atoms with Crippen LogP contribution in [-0.2, 0) is 9.84 Å². The lowest BCUT2D eigenvalue weighted by molar-refractivity contribution is 0.0978. The molecule has 8 heteroatoms. The van der Waals surface area contributed by atoms with Crippen molar-refractivity contribution in [1.82, 2.24) is 9.97 Å². The number of Topliss-reactive ketones (excluding diaryl/α,β-unsaturated/α-hetero) is 1. The minimum Gasteiger partial charge on any atom is -0.463 e. The van der Waals surface area contributed by atoms with Gasteiger partial charge in [0.15, 0.2) is 26.4 Å². The van der Waals surface area contributed by atoms with Crippen LogP contribution in [0.25, 0.3) is 11.5 Å². The van der Waals surface area contributed by atoms with E-state index in [9.17, 15) is 13.2 Å². The summed E-state index contributed by atoms with van der Waals surface area (Å²) >= 11 is 0. The van der Waals surface area contributed by atoms with Crippen molar-refractivity contribution in [3.05, 3.63) is 24.0 Å². The predicted octanol–water partition coefficient (Wildman–Crippen LogP) is 2.55. The van der Waals surface area contributed by atoms with Crippen molar-refractivity contribution < 1.29 is 17.6 Å². The van der Waals surface area contributed by atoms with Crippen LogP contribution in [-0.4, -0.2) is 37.0 Å². The number of furan rings is 1. The van der Waals surface area contributed by atoms with E-state index in [0.717, 1.165) is 6.26 Å². The summed E-state index contributed by atoms with van der Waals surface area (Å²) in [4.78, 5) is 20.8. The summed E-state index contributed by atoms with van der Waals surface area (Å²) in [5.74, 6) is 0.158. The second-order valence-corrected chi connectivity index (χ2v) is 6.96. The third kappa shape index (κ3) is 3.76. The molecule has 0 amide bonds. The molecule has 7 nitrogen and oxygen atoms in total. The first kappa shape index (κ1) is 17.1. The Labute approximate surface area is 135 Å². The zero-order valence-corrected chi connectivity index (χ0v) is 14.1. The van der Waals surface area contributed by atoms with Crippen molar-refractivity contribution in [3.8, 4) is 11.5 Å². The molecule has 0 aliphatic heterocycles. The standard InChI is InChI=1S/C15H19N3O4S/c1-4-7-10(19)12-13(11-8-6-9-22-11)17-15(16-5-2)18-14(12)23(3,20)21/h6,8-9H,4-5,7H2,1-3H3,(H,16,17,18). The van der Waals surface area contributed by atoms with E-state index in [1.54, 1.807) is 12.1 Å². The van der Waals surface area contributed by atoms with Gasteiger partial charge in [-0.3, -0.25) is 4.79 Å². The Hall–Kier alpha value is -2.22. The van der Waals surface area contributed by atoms with Gasteiger partial charge in [-0.2, -0.15) is 0 Å². The molecule has 23 heavy (non-hydrogen) atoms. The Kier molecular flexibility index (Phi) is 5.15. The van der Waals surface area contributed by atoms with Crippen LogP contribution in [0.15, 0.2) is 27.8 Å². The fourth-order valence-corrected chi connectivity index (χ4v) is 2.97. The molecular formula is C15H19N3O4S. The largest absolute Gasteiger partial charge is 0.463 e. The highest BCUT2D eigenvalue weighted by Gasteiger charge is 2.28. The maximum atomic E-state index is 12.5. The van der Waals surface area contributed by atoms with Gasteiger partial charge in [0.1, 0.15) is 5.69 Å². The summed E-state index contributed by atoms with van der Waals surface area (Å²) in [5, 5.41) is 2.61. The molecule has 0 saturated heterocycles. The highest BCUT2D eigenvalue weighted by atomic mass is 32.2. The lowest BCUT2D eigenvalue weighted by atomic mass is 10.1. The van der Waals surface area contributed by atoms with E-state index in [-0.39, 0.29) is 34.4 Å². The van der Waals surface area contributed by atoms with Gasteiger partial charge in [0.25, 0.3) is 0 Å². The van der Waals surface area contributed by atoms with E-state index in [4.69, 9.17) is 4.42 Å². The Morgan fingerprint density at radius 3 is 2.57 bits per heavy atom. The van der Waals surface area contributed by atoms with Gasteiger partial charge in [0.2, 0.25) is 5.95 Å². The summed E-state index contributed by atoms with van der Waals surface area (Å²) in [6.07, 6.45) is 3.27. The van der Waals surface area contributed by atoms with Crippen LogP contribution in [0.5, 0.6) is 0 Å². The molecule has 2 heterocycles. The van der Waals surface area contributed by atoms with Gasteiger partial charge in [-0.05, 0) is 25.5 Å². The molecule has 0 aliphatic carbocycles. The first-order chi connectivity index (χ1) is 10.9. The molecule has 0 radical (unpaired) electrons. The molecule has 0 bridgehead atoms. The van der Waals surface area contributed by atoms with E-state index in [1.165, 1.54) is 6.26 Å². The Morgan fingerprint density at radius 1 is 1.30 bits per heavy atom. The first-order valence-corrected chi connectivity index (χ1v) is 9.20. The lowest BCUT2D eigenvalue weighted by Gasteiger charge is -2.12. The average Bonchev–Trinajstić information content (AvgIpc) is 3.00. The lowest BCUT2D eigenvalue weighted by Crippen LogP contribution is -2.16. The monoisotopic (exact) mass is 337 g/mol. The fraction of sp³-hybridized carbons (Fsp3) is 0.400. The molecule has 0 aliphatic rings. The zero-order chi connectivity index (χ0) is 17.0. The van der Waals surface area contributed by atoms with Crippen LogP contribution in [0, 0.1) is 0 Å². The maximum Gasteiger partial charge on any atom is 0.224 e. The van der Waals surface area contributed by atoms with Crippen molar-refractivity contribution in [2.45, 2.75) is 31.7 Å². The second-order valence-electron chi connectivity index (χ2n) is 5.03. The van der Waals surface area contributed by atoms with Gasteiger partial charge in [-0.1, -0.05) is 6.92 Å². The van der Waals surface area contributed by atoms with Crippen molar-refractivity contribution in [3.63, 3.8) is 0 Å². The molecule has 124 valence electrons. The molecule has 2 aromatic heterocycles. The van der Waals surface area contributed by atoms with Gasteiger partial charge in [0.05, 0.1) is 11.8 Å². The number of hydrogen-bond acceptors (Lipinski definition) is 7. The number of hydrogen-bond donors (Lipinski definition) is 1.